The molecule has 0 unspecified atom stereocenters. The lowest BCUT2D eigenvalue weighted by atomic mass is 10.4. The molecule has 0 heterocycles. The first-order valence-corrected chi connectivity index (χ1v) is 10.1. The van der Waals surface area contributed by atoms with Gasteiger partial charge in [0.25, 0.3) is 0 Å². The minimum absolute atomic E-state index is 1.08. The van der Waals surface area contributed by atoms with Gasteiger partial charge < -0.3 is 0 Å². The monoisotopic (exact) mass is 530 g/mol. The molecule has 0 aliphatic carbocycles. The third-order valence-corrected chi connectivity index (χ3v) is 6.08. The number of hydrogen-bond donors (Lipinski definition) is 0. The quantitative estimate of drug-likeness (QED) is 0.374. The lowest BCUT2D eigenvalue weighted by molar-refractivity contribution is 1.41. The average Bonchev–Trinajstić information content (AvgIpc) is 2.23. The third-order valence-electron chi connectivity index (χ3n) is 1.91. The summed E-state index contributed by atoms with van der Waals surface area (Å²) >= 11 is 14.0. The Kier molecular flexibility index (Phi) is 6.16. The van der Waals surface area contributed by atoms with Crippen molar-refractivity contribution in [2.45, 2.75) is 9.79 Å². The fourth-order valence-electron chi connectivity index (χ4n) is 1.25. The highest BCUT2D eigenvalue weighted by atomic mass is 79.9. The number of rotatable bonds is 3. The standard InChI is InChI=1S/C12H6Br4S2/c13-7-1-8(14)4-11(3-7)17-18-12-5-9(15)2-10(16)6-12/h1-6H. The Balaban J connectivity index is 2.11. The molecule has 2 aromatic rings. The first-order valence-electron chi connectivity index (χ1n) is 4.79. The first-order chi connectivity index (χ1) is 8.52. The van der Waals surface area contributed by atoms with Gasteiger partial charge in [0.05, 0.1) is 0 Å². The largest absolute Gasteiger partial charge is 0.0525 e. The second kappa shape index (κ2) is 7.18. The molecule has 0 saturated carbocycles. The molecule has 0 nitrogen and oxygen atoms in total. The summed E-state index contributed by atoms with van der Waals surface area (Å²) in [5.74, 6) is 0. The molecule has 2 aromatic carbocycles. The van der Waals surface area contributed by atoms with Gasteiger partial charge in [-0.1, -0.05) is 85.3 Å². The van der Waals surface area contributed by atoms with E-state index in [0.29, 0.717) is 0 Å². The van der Waals surface area contributed by atoms with Crippen LogP contribution in [0, 0.1) is 0 Å². The Morgan fingerprint density at radius 2 is 0.778 bits per heavy atom. The summed E-state index contributed by atoms with van der Waals surface area (Å²) in [6, 6.07) is 12.5. The Morgan fingerprint density at radius 3 is 1.06 bits per heavy atom. The van der Waals surface area contributed by atoms with E-state index in [0.717, 1.165) is 17.9 Å². The molecule has 0 N–H and O–H groups in total. The van der Waals surface area contributed by atoms with Crippen molar-refractivity contribution in [3.05, 3.63) is 54.3 Å². The van der Waals surface area contributed by atoms with Crippen LogP contribution in [0.5, 0.6) is 0 Å². The molecule has 0 aliphatic rings. The minimum atomic E-state index is 1.08. The minimum Gasteiger partial charge on any atom is -0.0525 e. The van der Waals surface area contributed by atoms with Crippen molar-refractivity contribution in [2.24, 2.45) is 0 Å². The zero-order valence-electron chi connectivity index (χ0n) is 8.79. The average molecular weight is 534 g/mol. The van der Waals surface area contributed by atoms with Crippen molar-refractivity contribution in [2.75, 3.05) is 0 Å². The highest BCUT2D eigenvalue weighted by molar-refractivity contribution is 9.11. The van der Waals surface area contributed by atoms with E-state index in [-0.39, 0.29) is 0 Å². The highest BCUT2D eigenvalue weighted by Gasteiger charge is 2.02. The third kappa shape index (κ3) is 4.87. The number of benzene rings is 2. The Labute approximate surface area is 148 Å². The molecule has 0 radical (unpaired) electrons. The van der Waals surface area contributed by atoms with Crippen molar-refractivity contribution in [3.8, 4) is 0 Å². The molecule has 0 saturated heterocycles. The maximum Gasteiger partial charge on any atom is 0.0208 e. The zero-order valence-corrected chi connectivity index (χ0v) is 16.8. The molecule has 0 aliphatic heterocycles. The molecule has 0 aromatic heterocycles. The summed E-state index contributed by atoms with van der Waals surface area (Å²) in [4.78, 5) is 2.41. The Bertz CT molecular complexity index is 480. The van der Waals surface area contributed by atoms with E-state index in [1.165, 1.54) is 9.79 Å². The molecule has 18 heavy (non-hydrogen) atoms. The van der Waals surface area contributed by atoms with Crippen LogP contribution in [0.4, 0.5) is 0 Å². The normalized spacial score (nSPS) is 10.7. The molecular weight excluding hydrogens is 528 g/mol. The van der Waals surface area contributed by atoms with Crippen LogP contribution < -0.4 is 0 Å². The van der Waals surface area contributed by atoms with E-state index in [2.05, 4.69) is 88.0 Å². The van der Waals surface area contributed by atoms with Gasteiger partial charge in [0.1, 0.15) is 0 Å². The van der Waals surface area contributed by atoms with E-state index in [4.69, 9.17) is 0 Å². The molecule has 2 rings (SSSR count). The van der Waals surface area contributed by atoms with Gasteiger partial charge in [-0.2, -0.15) is 0 Å². The SMILES string of the molecule is Brc1cc(Br)cc(SSc2cc(Br)cc(Br)c2)c1. The van der Waals surface area contributed by atoms with Crippen LogP contribution in [0.3, 0.4) is 0 Å². The molecular formula is C12H6Br4S2. The smallest absolute Gasteiger partial charge is 0.0208 e. The van der Waals surface area contributed by atoms with Gasteiger partial charge in [-0.25, -0.2) is 0 Å². The maximum atomic E-state index is 3.49. The van der Waals surface area contributed by atoms with E-state index in [1.807, 2.05) is 12.1 Å². The fourth-order valence-corrected chi connectivity index (χ4v) is 6.49. The van der Waals surface area contributed by atoms with Crippen molar-refractivity contribution < 1.29 is 0 Å². The van der Waals surface area contributed by atoms with Crippen molar-refractivity contribution in [1.29, 1.82) is 0 Å². The highest BCUT2D eigenvalue weighted by Crippen LogP contribution is 2.41. The lowest BCUT2D eigenvalue weighted by Crippen LogP contribution is -1.74. The number of halogens is 4. The Morgan fingerprint density at radius 1 is 0.500 bits per heavy atom. The molecule has 94 valence electrons. The van der Waals surface area contributed by atoms with Gasteiger partial charge in [0.2, 0.25) is 0 Å². The van der Waals surface area contributed by atoms with E-state index in [9.17, 15) is 0 Å². The van der Waals surface area contributed by atoms with E-state index in [1.54, 1.807) is 21.6 Å². The van der Waals surface area contributed by atoms with Gasteiger partial charge in [-0.15, -0.1) is 0 Å². The fraction of sp³-hybridized carbons (Fsp3) is 0. The van der Waals surface area contributed by atoms with Crippen LogP contribution in [0.2, 0.25) is 0 Å². The summed E-state index contributed by atoms with van der Waals surface area (Å²) < 4.78 is 4.32. The molecule has 0 atom stereocenters. The van der Waals surface area contributed by atoms with Crippen molar-refractivity contribution in [1.82, 2.24) is 0 Å². The van der Waals surface area contributed by atoms with Crippen LogP contribution in [-0.4, -0.2) is 0 Å². The van der Waals surface area contributed by atoms with Crippen LogP contribution in [0.1, 0.15) is 0 Å². The topological polar surface area (TPSA) is 0 Å². The molecule has 6 heteroatoms. The van der Waals surface area contributed by atoms with Crippen LogP contribution in [-0.2, 0) is 0 Å². The summed E-state index contributed by atoms with van der Waals surface area (Å²) in [6.07, 6.45) is 0. The van der Waals surface area contributed by atoms with Gasteiger partial charge in [0.15, 0.2) is 0 Å². The predicted octanol–water partition coefficient (Wildman–Crippen LogP) is 7.54. The lowest BCUT2D eigenvalue weighted by Gasteiger charge is -2.04. The van der Waals surface area contributed by atoms with Crippen LogP contribution in [0.25, 0.3) is 0 Å². The van der Waals surface area contributed by atoms with Crippen molar-refractivity contribution >= 4 is 85.3 Å². The molecule has 0 spiro atoms. The molecule has 0 fully saturated rings. The predicted molar refractivity (Wildman–Crippen MR) is 95.4 cm³/mol. The summed E-state index contributed by atoms with van der Waals surface area (Å²) in [5.41, 5.74) is 0. The van der Waals surface area contributed by atoms with Crippen LogP contribution >= 0.6 is 85.3 Å². The second-order valence-corrected chi connectivity index (χ2v) is 9.32. The van der Waals surface area contributed by atoms with Crippen LogP contribution in [0.15, 0.2) is 64.1 Å². The van der Waals surface area contributed by atoms with Gasteiger partial charge in [0, 0.05) is 27.7 Å². The molecule has 0 bridgehead atoms. The first kappa shape index (κ1) is 15.4. The Hall–Kier alpha value is 1.06. The van der Waals surface area contributed by atoms with E-state index < -0.39 is 0 Å². The summed E-state index contributed by atoms with van der Waals surface area (Å²) in [7, 11) is 3.47. The zero-order chi connectivity index (χ0) is 13.1. The second-order valence-electron chi connectivity index (χ2n) is 3.38. The van der Waals surface area contributed by atoms with E-state index >= 15 is 0 Å². The molecule has 0 amide bonds. The van der Waals surface area contributed by atoms with Gasteiger partial charge in [-0.05, 0) is 36.4 Å². The van der Waals surface area contributed by atoms with Gasteiger partial charge >= 0.3 is 0 Å². The number of hydrogen-bond acceptors (Lipinski definition) is 2. The maximum absolute atomic E-state index is 3.49. The summed E-state index contributed by atoms with van der Waals surface area (Å²) in [5, 5.41) is 0. The van der Waals surface area contributed by atoms with Gasteiger partial charge in [-0.3, -0.25) is 0 Å². The summed E-state index contributed by atoms with van der Waals surface area (Å²) in [6.45, 7) is 0. The van der Waals surface area contributed by atoms with Crippen molar-refractivity contribution in [3.63, 3.8) is 0 Å².